The van der Waals surface area contributed by atoms with Gasteiger partial charge in [-0.1, -0.05) is 13.2 Å². The third-order valence-corrected chi connectivity index (χ3v) is 2.36. The largest absolute Gasteiger partial charge is 0.497 e. The quantitative estimate of drug-likeness (QED) is 0.453. The molecule has 0 unspecified atom stereocenters. The Labute approximate surface area is 117 Å². The Morgan fingerprint density at radius 1 is 1.35 bits per heavy atom. The van der Waals surface area contributed by atoms with E-state index in [1.165, 1.54) is 7.11 Å². The van der Waals surface area contributed by atoms with Crippen LogP contribution in [0.4, 0.5) is 0 Å². The second-order valence-electron chi connectivity index (χ2n) is 3.96. The molecule has 0 atom stereocenters. The van der Waals surface area contributed by atoms with Crippen LogP contribution >= 0.6 is 0 Å². The zero-order valence-corrected chi connectivity index (χ0v) is 11.5. The van der Waals surface area contributed by atoms with Crippen LogP contribution in [0.3, 0.4) is 0 Å². The molecule has 20 heavy (non-hydrogen) atoms. The molecule has 0 radical (unpaired) electrons. The average molecular weight is 276 g/mol. The third kappa shape index (κ3) is 4.28. The Bertz CT molecular complexity index is 545. The predicted molar refractivity (Wildman–Crippen MR) is 73.4 cm³/mol. The lowest BCUT2D eigenvalue weighted by molar-refractivity contribution is -0.139. The topological polar surface area (TPSA) is 61.8 Å². The molecule has 0 aliphatic heterocycles. The molecule has 5 nitrogen and oxygen atoms in total. The van der Waals surface area contributed by atoms with Crippen LogP contribution in [0.2, 0.25) is 0 Å². The van der Waals surface area contributed by atoms with Crippen LogP contribution in [0.15, 0.2) is 43.0 Å². The monoisotopic (exact) mass is 276 g/mol. The fourth-order valence-corrected chi connectivity index (χ4v) is 1.29. The maximum Gasteiger partial charge on any atom is 0.338 e. The number of carbonyl (C=O) groups is 2. The Kier molecular flexibility index (Phi) is 5.53. The first-order valence-corrected chi connectivity index (χ1v) is 5.81. The summed E-state index contributed by atoms with van der Waals surface area (Å²) in [5.74, 6) is -0.267. The van der Waals surface area contributed by atoms with Gasteiger partial charge in [-0.15, -0.1) is 0 Å². The van der Waals surface area contributed by atoms with Crippen molar-refractivity contribution < 1.29 is 23.8 Å². The van der Waals surface area contributed by atoms with Gasteiger partial charge < -0.3 is 14.2 Å². The molecule has 106 valence electrons. The summed E-state index contributed by atoms with van der Waals surface area (Å²) in [5.41, 5.74) is 0.781. The number of methoxy groups -OCH3 is 1. The molecule has 0 spiro atoms. The van der Waals surface area contributed by atoms with Gasteiger partial charge >= 0.3 is 11.9 Å². The lowest BCUT2D eigenvalue weighted by atomic mass is 10.2. The normalized spacial score (nSPS) is 9.50. The molecule has 0 bridgehead atoms. The number of esters is 2. The lowest BCUT2D eigenvalue weighted by Gasteiger charge is -2.11. The van der Waals surface area contributed by atoms with Crippen molar-refractivity contribution in [1.29, 1.82) is 0 Å². The van der Waals surface area contributed by atoms with Gasteiger partial charge in [0.1, 0.15) is 18.1 Å². The van der Waals surface area contributed by atoms with Crippen molar-refractivity contribution in [2.45, 2.75) is 13.5 Å². The van der Waals surface area contributed by atoms with Crippen molar-refractivity contribution in [2.75, 3.05) is 7.11 Å². The SMILES string of the molecule is C=CC(=O)OCc1cc(OC)ccc1OC(=O)C(=C)C. The Morgan fingerprint density at radius 3 is 2.60 bits per heavy atom. The number of carbonyl (C=O) groups excluding carboxylic acids is 2. The molecule has 0 aliphatic rings. The average Bonchev–Trinajstić information content (AvgIpc) is 2.45. The minimum atomic E-state index is -0.565. The summed E-state index contributed by atoms with van der Waals surface area (Å²) in [5, 5.41) is 0. The fourth-order valence-electron chi connectivity index (χ4n) is 1.29. The first-order chi connectivity index (χ1) is 9.47. The second-order valence-corrected chi connectivity index (χ2v) is 3.96. The van der Waals surface area contributed by atoms with Crippen molar-refractivity contribution in [3.05, 3.63) is 48.6 Å². The molecule has 0 amide bonds. The number of hydrogen-bond acceptors (Lipinski definition) is 5. The van der Waals surface area contributed by atoms with Gasteiger partial charge in [-0.25, -0.2) is 9.59 Å². The minimum Gasteiger partial charge on any atom is -0.497 e. The van der Waals surface area contributed by atoms with E-state index >= 15 is 0 Å². The van der Waals surface area contributed by atoms with E-state index < -0.39 is 11.9 Å². The van der Waals surface area contributed by atoms with Crippen LogP contribution in [0.1, 0.15) is 12.5 Å². The van der Waals surface area contributed by atoms with Crippen molar-refractivity contribution in [3.63, 3.8) is 0 Å². The highest BCUT2D eigenvalue weighted by Crippen LogP contribution is 2.25. The van der Waals surface area contributed by atoms with Gasteiger partial charge in [-0.3, -0.25) is 0 Å². The van der Waals surface area contributed by atoms with E-state index in [9.17, 15) is 9.59 Å². The van der Waals surface area contributed by atoms with E-state index in [1.54, 1.807) is 25.1 Å². The summed E-state index contributed by atoms with van der Waals surface area (Å²) in [6, 6.07) is 4.83. The van der Waals surface area contributed by atoms with Gasteiger partial charge in [0.2, 0.25) is 0 Å². The molecule has 0 saturated heterocycles. The van der Waals surface area contributed by atoms with Crippen molar-refractivity contribution in [3.8, 4) is 11.5 Å². The van der Waals surface area contributed by atoms with Gasteiger partial charge in [0.15, 0.2) is 0 Å². The van der Waals surface area contributed by atoms with Gasteiger partial charge in [-0.05, 0) is 25.1 Å². The van der Waals surface area contributed by atoms with Gasteiger partial charge in [0, 0.05) is 17.2 Å². The zero-order chi connectivity index (χ0) is 15.1. The predicted octanol–water partition coefficient (Wildman–Crippen LogP) is 2.41. The van der Waals surface area contributed by atoms with Crippen molar-refractivity contribution in [2.24, 2.45) is 0 Å². The van der Waals surface area contributed by atoms with Crippen molar-refractivity contribution >= 4 is 11.9 Å². The molecular formula is C15H16O5. The van der Waals surface area contributed by atoms with Gasteiger partial charge in [0.25, 0.3) is 0 Å². The molecule has 1 rings (SSSR count). The number of rotatable bonds is 6. The van der Waals surface area contributed by atoms with Gasteiger partial charge in [0.05, 0.1) is 7.11 Å². The van der Waals surface area contributed by atoms with Crippen LogP contribution in [0.5, 0.6) is 11.5 Å². The molecule has 5 heteroatoms. The summed E-state index contributed by atoms with van der Waals surface area (Å²) >= 11 is 0. The Balaban J connectivity index is 2.96. The van der Waals surface area contributed by atoms with E-state index in [1.807, 2.05) is 0 Å². The standard InChI is InChI=1S/C15H16O5/c1-5-14(16)19-9-11-8-12(18-4)6-7-13(11)20-15(17)10(2)3/h5-8H,1-2,9H2,3-4H3. The molecule has 0 heterocycles. The lowest BCUT2D eigenvalue weighted by Crippen LogP contribution is -2.11. The molecule has 1 aromatic rings. The fraction of sp³-hybridized carbons (Fsp3) is 0.200. The number of benzene rings is 1. The second kappa shape index (κ2) is 7.13. The molecule has 0 N–H and O–H groups in total. The molecule has 0 fully saturated rings. The summed E-state index contributed by atoms with van der Waals surface area (Å²) in [7, 11) is 1.51. The molecule has 0 saturated carbocycles. The first-order valence-electron chi connectivity index (χ1n) is 5.81. The maximum atomic E-state index is 11.5. The Hall–Kier alpha value is -2.56. The highest BCUT2D eigenvalue weighted by atomic mass is 16.5. The van der Waals surface area contributed by atoms with Crippen molar-refractivity contribution in [1.82, 2.24) is 0 Å². The van der Waals surface area contributed by atoms with Crippen LogP contribution in [0.25, 0.3) is 0 Å². The zero-order valence-electron chi connectivity index (χ0n) is 11.5. The smallest absolute Gasteiger partial charge is 0.338 e. The molecule has 0 aromatic heterocycles. The van der Waals surface area contributed by atoms with E-state index in [4.69, 9.17) is 14.2 Å². The highest BCUT2D eigenvalue weighted by molar-refractivity contribution is 5.89. The molecule has 0 aliphatic carbocycles. The summed E-state index contributed by atoms with van der Waals surface area (Å²) in [4.78, 5) is 22.6. The van der Waals surface area contributed by atoms with E-state index in [-0.39, 0.29) is 17.9 Å². The van der Waals surface area contributed by atoms with Crippen LogP contribution in [0, 0.1) is 0 Å². The minimum absolute atomic E-state index is 0.0547. The summed E-state index contributed by atoms with van der Waals surface area (Å²) < 4.78 is 15.2. The van der Waals surface area contributed by atoms with Crippen LogP contribution < -0.4 is 9.47 Å². The number of ether oxygens (including phenoxy) is 3. The van der Waals surface area contributed by atoms with Crippen LogP contribution in [-0.4, -0.2) is 19.0 Å². The number of hydrogen-bond donors (Lipinski definition) is 0. The van der Waals surface area contributed by atoms with E-state index in [0.29, 0.717) is 11.3 Å². The third-order valence-electron chi connectivity index (χ3n) is 2.36. The first kappa shape index (κ1) is 15.5. The van der Waals surface area contributed by atoms with E-state index in [0.717, 1.165) is 6.08 Å². The van der Waals surface area contributed by atoms with Gasteiger partial charge in [-0.2, -0.15) is 0 Å². The molecule has 1 aromatic carbocycles. The highest BCUT2D eigenvalue weighted by Gasteiger charge is 2.12. The van der Waals surface area contributed by atoms with E-state index in [2.05, 4.69) is 13.2 Å². The molecular weight excluding hydrogens is 260 g/mol. The van der Waals surface area contributed by atoms with Crippen LogP contribution in [-0.2, 0) is 20.9 Å². The summed E-state index contributed by atoms with van der Waals surface area (Å²) in [6.45, 7) is 8.30. The Morgan fingerprint density at radius 2 is 2.05 bits per heavy atom. The summed E-state index contributed by atoms with van der Waals surface area (Å²) in [6.07, 6.45) is 1.06. The maximum absolute atomic E-state index is 11.5.